The Morgan fingerprint density at radius 1 is 1.00 bits per heavy atom. The van der Waals surface area contributed by atoms with Crippen molar-refractivity contribution in [3.05, 3.63) is 88.2 Å². The van der Waals surface area contributed by atoms with Gasteiger partial charge in [0.2, 0.25) is 0 Å². The molecule has 1 aliphatic rings. The zero-order valence-corrected chi connectivity index (χ0v) is 19.7. The van der Waals surface area contributed by atoms with E-state index in [9.17, 15) is 9.59 Å². The minimum Gasteiger partial charge on any atom is -0.459 e. The van der Waals surface area contributed by atoms with Crippen LogP contribution in [-0.2, 0) is 16.1 Å². The van der Waals surface area contributed by atoms with Gasteiger partial charge in [0.05, 0.1) is 18.2 Å². The Bertz CT molecular complexity index is 1140. The number of ether oxygens (including phenoxy) is 1. The van der Waals surface area contributed by atoms with Crippen LogP contribution in [0.5, 0.6) is 0 Å². The molecule has 1 aliphatic carbocycles. The van der Waals surface area contributed by atoms with Crippen molar-refractivity contribution in [3.63, 3.8) is 0 Å². The van der Waals surface area contributed by atoms with Gasteiger partial charge in [-0.3, -0.25) is 9.59 Å². The molecule has 172 valence electrons. The van der Waals surface area contributed by atoms with Crippen LogP contribution in [0.3, 0.4) is 0 Å². The smallest absolute Gasteiger partial charge is 0.314 e. The van der Waals surface area contributed by atoms with E-state index in [0.717, 1.165) is 48.1 Å². The predicted molar refractivity (Wildman–Crippen MR) is 130 cm³/mol. The Kier molecular flexibility index (Phi) is 6.77. The van der Waals surface area contributed by atoms with Crippen molar-refractivity contribution in [1.82, 2.24) is 9.78 Å². The Morgan fingerprint density at radius 2 is 1.67 bits per heavy atom. The van der Waals surface area contributed by atoms with Gasteiger partial charge in [-0.2, -0.15) is 5.10 Å². The van der Waals surface area contributed by atoms with Gasteiger partial charge >= 0.3 is 5.97 Å². The summed E-state index contributed by atoms with van der Waals surface area (Å²) in [5.74, 6) is -0.0730. The van der Waals surface area contributed by atoms with E-state index in [2.05, 4.69) is 5.10 Å². The van der Waals surface area contributed by atoms with Crippen molar-refractivity contribution in [2.24, 2.45) is 5.92 Å². The normalized spacial score (nSPS) is 15.4. The van der Waals surface area contributed by atoms with Crippen LogP contribution in [0, 0.1) is 5.92 Å². The highest BCUT2D eigenvalue weighted by Gasteiger charge is 2.35. The SMILES string of the molecule is CC(C)(C)OC(=O)C(c1ccc(Cn2nc(-c3ccccc3)ccc2=O)cc1)C1CCCC1. The zero-order chi connectivity index (χ0) is 23.4. The molecule has 1 unspecified atom stereocenters. The molecule has 0 radical (unpaired) electrons. The maximum atomic E-state index is 13.1. The number of carbonyl (C=O) groups excluding carboxylic acids is 1. The van der Waals surface area contributed by atoms with Crippen LogP contribution in [0.1, 0.15) is 63.5 Å². The summed E-state index contributed by atoms with van der Waals surface area (Å²) in [7, 11) is 0. The molecular weight excluding hydrogens is 412 g/mol. The van der Waals surface area contributed by atoms with Crippen LogP contribution < -0.4 is 5.56 Å². The third-order valence-electron chi connectivity index (χ3n) is 6.14. The first-order valence-electron chi connectivity index (χ1n) is 11.8. The number of nitrogens with zero attached hydrogens (tertiary/aromatic N) is 2. The minimum absolute atomic E-state index is 0.142. The van der Waals surface area contributed by atoms with E-state index in [0.29, 0.717) is 12.5 Å². The summed E-state index contributed by atoms with van der Waals surface area (Å²) < 4.78 is 7.25. The molecule has 1 atom stereocenters. The first-order valence-corrected chi connectivity index (χ1v) is 11.8. The largest absolute Gasteiger partial charge is 0.459 e. The molecule has 1 heterocycles. The highest BCUT2D eigenvalue weighted by Crippen LogP contribution is 2.39. The third kappa shape index (κ3) is 5.78. The lowest BCUT2D eigenvalue weighted by atomic mass is 9.84. The second-order valence-electron chi connectivity index (χ2n) is 9.88. The average molecular weight is 445 g/mol. The van der Waals surface area contributed by atoms with Crippen LogP contribution >= 0.6 is 0 Å². The Hall–Kier alpha value is -3.21. The second kappa shape index (κ2) is 9.74. The molecule has 3 aromatic rings. The Balaban J connectivity index is 1.56. The maximum absolute atomic E-state index is 13.1. The molecule has 1 fully saturated rings. The Morgan fingerprint density at radius 3 is 2.30 bits per heavy atom. The molecule has 0 aliphatic heterocycles. The van der Waals surface area contributed by atoms with Crippen molar-refractivity contribution >= 4 is 5.97 Å². The van der Waals surface area contributed by atoms with Crippen molar-refractivity contribution in [2.45, 2.75) is 64.5 Å². The summed E-state index contributed by atoms with van der Waals surface area (Å²) in [4.78, 5) is 25.5. The van der Waals surface area contributed by atoms with Crippen molar-refractivity contribution < 1.29 is 9.53 Å². The van der Waals surface area contributed by atoms with Crippen LogP contribution in [0.15, 0.2) is 71.5 Å². The van der Waals surface area contributed by atoms with E-state index in [-0.39, 0.29) is 17.4 Å². The molecule has 1 aromatic heterocycles. The molecule has 5 heteroatoms. The van der Waals surface area contributed by atoms with E-state index in [1.54, 1.807) is 12.1 Å². The molecule has 5 nitrogen and oxygen atoms in total. The third-order valence-corrected chi connectivity index (χ3v) is 6.14. The van der Waals surface area contributed by atoms with Gasteiger partial charge in [0, 0.05) is 11.6 Å². The minimum atomic E-state index is -0.509. The number of hydrogen-bond acceptors (Lipinski definition) is 4. The van der Waals surface area contributed by atoms with Gasteiger partial charge in [-0.1, -0.05) is 67.4 Å². The number of hydrogen-bond donors (Lipinski definition) is 0. The van der Waals surface area contributed by atoms with Gasteiger partial charge in [0.25, 0.3) is 5.56 Å². The molecule has 4 rings (SSSR count). The standard InChI is InChI=1S/C28H32N2O3/c1-28(2,3)33-27(32)26(22-11-7-8-12-22)23-15-13-20(14-16-23)19-30-25(31)18-17-24(29-30)21-9-5-4-6-10-21/h4-6,9-10,13-18,22,26H,7-8,11-12,19H2,1-3H3. The molecular formula is C28H32N2O3. The summed E-state index contributed by atoms with van der Waals surface area (Å²) >= 11 is 0. The van der Waals surface area contributed by atoms with Crippen LogP contribution in [0.25, 0.3) is 11.3 Å². The Labute approximate surface area is 195 Å². The fraction of sp³-hybridized carbons (Fsp3) is 0.393. The van der Waals surface area contributed by atoms with E-state index in [4.69, 9.17) is 4.74 Å². The molecule has 0 spiro atoms. The molecule has 0 bridgehead atoms. The first kappa shape index (κ1) is 23.0. The van der Waals surface area contributed by atoms with Gasteiger partial charge < -0.3 is 4.74 Å². The van der Waals surface area contributed by atoms with Crippen LogP contribution in [0.4, 0.5) is 0 Å². The van der Waals surface area contributed by atoms with Gasteiger partial charge in [-0.05, 0) is 56.7 Å². The highest BCUT2D eigenvalue weighted by molar-refractivity contribution is 5.79. The van der Waals surface area contributed by atoms with E-state index in [1.807, 2.05) is 75.4 Å². The van der Waals surface area contributed by atoms with Gasteiger partial charge in [0.1, 0.15) is 5.60 Å². The number of rotatable bonds is 6. The first-order chi connectivity index (χ1) is 15.8. The molecule has 0 amide bonds. The van der Waals surface area contributed by atoms with E-state index in [1.165, 1.54) is 4.68 Å². The van der Waals surface area contributed by atoms with Crippen molar-refractivity contribution in [1.29, 1.82) is 0 Å². The van der Waals surface area contributed by atoms with Crippen LogP contribution in [0.2, 0.25) is 0 Å². The van der Waals surface area contributed by atoms with Gasteiger partial charge in [-0.25, -0.2) is 4.68 Å². The lowest BCUT2D eigenvalue weighted by Gasteiger charge is -2.27. The van der Waals surface area contributed by atoms with Gasteiger partial charge in [0.15, 0.2) is 0 Å². The average Bonchev–Trinajstić information content (AvgIpc) is 3.30. The predicted octanol–water partition coefficient (Wildman–Crippen LogP) is 5.57. The summed E-state index contributed by atoms with van der Waals surface area (Å²) in [6.45, 7) is 6.11. The second-order valence-corrected chi connectivity index (χ2v) is 9.88. The summed E-state index contributed by atoms with van der Waals surface area (Å²) in [6, 6.07) is 21.1. The zero-order valence-electron chi connectivity index (χ0n) is 19.7. The topological polar surface area (TPSA) is 61.2 Å². The summed E-state index contributed by atoms with van der Waals surface area (Å²) in [5, 5.41) is 4.56. The van der Waals surface area contributed by atoms with E-state index >= 15 is 0 Å². The summed E-state index contributed by atoms with van der Waals surface area (Å²) in [5.41, 5.74) is 3.03. The molecule has 2 aromatic carbocycles. The molecule has 0 N–H and O–H groups in total. The molecule has 33 heavy (non-hydrogen) atoms. The number of carbonyl (C=O) groups is 1. The fourth-order valence-electron chi connectivity index (χ4n) is 4.59. The fourth-order valence-corrected chi connectivity index (χ4v) is 4.59. The monoisotopic (exact) mass is 444 g/mol. The van der Waals surface area contributed by atoms with E-state index < -0.39 is 5.60 Å². The van der Waals surface area contributed by atoms with Gasteiger partial charge in [-0.15, -0.1) is 0 Å². The van der Waals surface area contributed by atoms with Crippen molar-refractivity contribution in [3.8, 4) is 11.3 Å². The highest BCUT2D eigenvalue weighted by atomic mass is 16.6. The number of esters is 1. The number of benzene rings is 2. The maximum Gasteiger partial charge on any atom is 0.314 e. The number of aromatic nitrogens is 2. The van der Waals surface area contributed by atoms with Crippen molar-refractivity contribution in [2.75, 3.05) is 0 Å². The molecule has 1 saturated carbocycles. The summed E-state index contributed by atoms with van der Waals surface area (Å²) in [6.07, 6.45) is 4.43. The lowest BCUT2D eigenvalue weighted by molar-refractivity contribution is -0.158. The quantitative estimate of drug-likeness (QED) is 0.466. The molecule has 0 saturated heterocycles. The van der Waals surface area contributed by atoms with Crippen LogP contribution in [-0.4, -0.2) is 21.4 Å². The lowest BCUT2D eigenvalue weighted by Crippen LogP contribution is -2.30.